The van der Waals surface area contributed by atoms with Gasteiger partial charge in [-0.2, -0.15) is 0 Å². The van der Waals surface area contributed by atoms with Crippen molar-refractivity contribution in [2.45, 2.75) is 6.92 Å². The normalized spacial score (nSPS) is 13.9. The summed E-state index contributed by atoms with van der Waals surface area (Å²) in [7, 11) is 0. The fraction of sp³-hybridized carbons (Fsp3) is 0.333. The molecule has 0 aliphatic carbocycles. The van der Waals surface area contributed by atoms with Crippen molar-refractivity contribution in [1.82, 2.24) is 9.80 Å². The molecule has 0 radical (unpaired) electrons. The average Bonchev–Trinajstić information content (AvgIpc) is 2.73. The van der Waals surface area contributed by atoms with Gasteiger partial charge in [-0.3, -0.25) is 9.59 Å². The van der Waals surface area contributed by atoms with Crippen molar-refractivity contribution in [3.8, 4) is 11.5 Å². The number of halogens is 1. The number of benzene rings is 2. The van der Waals surface area contributed by atoms with E-state index in [2.05, 4.69) is 0 Å². The van der Waals surface area contributed by atoms with E-state index in [1.807, 2.05) is 19.1 Å². The van der Waals surface area contributed by atoms with Crippen LogP contribution in [0.25, 0.3) is 0 Å². The predicted molar refractivity (Wildman–Crippen MR) is 102 cm³/mol. The van der Waals surface area contributed by atoms with Gasteiger partial charge in [0.25, 0.3) is 11.8 Å². The molecule has 0 N–H and O–H groups in total. The van der Waals surface area contributed by atoms with E-state index in [1.54, 1.807) is 21.9 Å². The Bertz CT molecular complexity index is 817. The highest BCUT2D eigenvalue weighted by molar-refractivity contribution is 5.94. The van der Waals surface area contributed by atoms with Crippen LogP contribution in [0.15, 0.2) is 48.5 Å². The van der Waals surface area contributed by atoms with Gasteiger partial charge in [0.2, 0.25) is 0 Å². The number of para-hydroxylation sites is 2. The van der Waals surface area contributed by atoms with Crippen LogP contribution in [0.5, 0.6) is 11.5 Å². The van der Waals surface area contributed by atoms with Crippen molar-refractivity contribution >= 4 is 11.8 Å². The number of nitrogens with zero attached hydrogens (tertiary/aromatic N) is 2. The number of ether oxygens (including phenoxy) is 2. The molecule has 1 fully saturated rings. The molecule has 1 heterocycles. The van der Waals surface area contributed by atoms with E-state index < -0.39 is 0 Å². The van der Waals surface area contributed by atoms with Gasteiger partial charge >= 0.3 is 0 Å². The summed E-state index contributed by atoms with van der Waals surface area (Å²) in [6.45, 7) is 4.03. The third-order valence-electron chi connectivity index (χ3n) is 4.51. The van der Waals surface area contributed by atoms with E-state index in [9.17, 15) is 14.0 Å². The molecule has 0 bridgehead atoms. The number of piperazine rings is 1. The summed E-state index contributed by atoms with van der Waals surface area (Å²) < 4.78 is 24.1. The van der Waals surface area contributed by atoms with Crippen LogP contribution >= 0.6 is 0 Å². The molecule has 1 aliphatic heterocycles. The maximum atomic E-state index is 13.0. The number of amides is 2. The van der Waals surface area contributed by atoms with Crippen LogP contribution in [0.4, 0.5) is 4.39 Å². The lowest BCUT2D eigenvalue weighted by atomic mass is 10.2. The molecular weight excluding hydrogens is 363 g/mol. The summed E-state index contributed by atoms with van der Waals surface area (Å²) in [6.07, 6.45) is 0. The topological polar surface area (TPSA) is 59.1 Å². The summed E-state index contributed by atoms with van der Waals surface area (Å²) in [5, 5.41) is 0. The number of hydrogen-bond donors (Lipinski definition) is 0. The Morgan fingerprint density at radius 3 is 2.07 bits per heavy atom. The molecule has 1 aliphatic rings. The molecule has 2 aromatic rings. The Labute approximate surface area is 163 Å². The van der Waals surface area contributed by atoms with Crippen LogP contribution in [0, 0.1) is 5.82 Å². The molecule has 7 heteroatoms. The molecule has 1 saturated heterocycles. The monoisotopic (exact) mass is 386 g/mol. The van der Waals surface area contributed by atoms with Crippen molar-refractivity contribution < 1.29 is 23.5 Å². The van der Waals surface area contributed by atoms with E-state index in [4.69, 9.17) is 9.47 Å². The van der Waals surface area contributed by atoms with Gasteiger partial charge in [0.1, 0.15) is 5.82 Å². The first-order chi connectivity index (χ1) is 13.6. The largest absolute Gasteiger partial charge is 0.490 e. The van der Waals surface area contributed by atoms with Crippen LogP contribution in [-0.4, -0.2) is 61.0 Å². The van der Waals surface area contributed by atoms with Gasteiger partial charge < -0.3 is 19.3 Å². The predicted octanol–water partition coefficient (Wildman–Crippen LogP) is 2.59. The molecule has 28 heavy (non-hydrogen) atoms. The lowest BCUT2D eigenvalue weighted by Gasteiger charge is -2.34. The molecule has 3 rings (SSSR count). The maximum absolute atomic E-state index is 13.0. The van der Waals surface area contributed by atoms with Crippen molar-refractivity contribution in [3.63, 3.8) is 0 Å². The highest BCUT2D eigenvalue weighted by Gasteiger charge is 2.25. The molecule has 2 aromatic carbocycles. The zero-order chi connectivity index (χ0) is 19.9. The van der Waals surface area contributed by atoms with Crippen LogP contribution in [0.1, 0.15) is 17.3 Å². The van der Waals surface area contributed by atoms with Gasteiger partial charge in [-0.25, -0.2) is 4.39 Å². The summed E-state index contributed by atoms with van der Waals surface area (Å²) in [6, 6.07) is 12.7. The smallest absolute Gasteiger partial charge is 0.260 e. The van der Waals surface area contributed by atoms with E-state index in [0.29, 0.717) is 49.8 Å². The summed E-state index contributed by atoms with van der Waals surface area (Å²) in [5.74, 6) is 0.461. The standard InChI is InChI=1S/C21H23FN2O4/c1-2-27-18-5-3-4-6-19(18)28-15-20(25)23-11-13-24(14-12-23)21(26)16-7-9-17(22)10-8-16/h3-10H,2,11-15H2,1H3. The van der Waals surface area contributed by atoms with Crippen molar-refractivity contribution in [3.05, 3.63) is 59.9 Å². The minimum absolute atomic E-state index is 0.0873. The lowest BCUT2D eigenvalue weighted by Crippen LogP contribution is -2.51. The van der Waals surface area contributed by atoms with Crippen molar-refractivity contribution in [2.24, 2.45) is 0 Å². The minimum atomic E-state index is -0.377. The fourth-order valence-corrected chi connectivity index (χ4v) is 3.01. The van der Waals surface area contributed by atoms with Crippen molar-refractivity contribution in [2.75, 3.05) is 39.4 Å². The van der Waals surface area contributed by atoms with E-state index in [1.165, 1.54) is 24.3 Å². The van der Waals surface area contributed by atoms with Gasteiger partial charge in [-0.1, -0.05) is 12.1 Å². The zero-order valence-corrected chi connectivity index (χ0v) is 15.8. The molecule has 2 amide bonds. The molecule has 0 spiro atoms. The Morgan fingerprint density at radius 1 is 0.893 bits per heavy atom. The lowest BCUT2D eigenvalue weighted by molar-refractivity contribution is -0.134. The van der Waals surface area contributed by atoms with Gasteiger partial charge in [0, 0.05) is 31.7 Å². The molecule has 148 valence electrons. The SMILES string of the molecule is CCOc1ccccc1OCC(=O)N1CCN(C(=O)c2ccc(F)cc2)CC1. The Balaban J connectivity index is 1.50. The fourth-order valence-electron chi connectivity index (χ4n) is 3.01. The molecule has 0 atom stereocenters. The number of rotatable bonds is 6. The summed E-state index contributed by atoms with van der Waals surface area (Å²) in [5.41, 5.74) is 0.442. The second-order valence-electron chi connectivity index (χ2n) is 6.35. The second kappa shape index (κ2) is 9.21. The molecular formula is C21H23FN2O4. The first kappa shape index (κ1) is 19.7. The van der Waals surface area contributed by atoms with Crippen LogP contribution in [0.3, 0.4) is 0 Å². The van der Waals surface area contributed by atoms with E-state index in [-0.39, 0.29) is 24.2 Å². The average molecular weight is 386 g/mol. The van der Waals surface area contributed by atoms with Gasteiger partial charge in [0.05, 0.1) is 6.61 Å². The number of hydrogen-bond acceptors (Lipinski definition) is 4. The second-order valence-corrected chi connectivity index (χ2v) is 6.35. The maximum Gasteiger partial charge on any atom is 0.260 e. The number of carbonyl (C=O) groups is 2. The quantitative estimate of drug-likeness (QED) is 0.766. The Hall–Kier alpha value is -3.09. The molecule has 0 saturated carbocycles. The summed E-state index contributed by atoms with van der Waals surface area (Å²) >= 11 is 0. The molecule has 0 unspecified atom stereocenters. The van der Waals surface area contributed by atoms with Gasteiger partial charge in [0.15, 0.2) is 18.1 Å². The first-order valence-corrected chi connectivity index (χ1v) is 9.25. The van der Waals surface area contributed by atoms with Crippen LogP contribution in [-0.2, 0) is 4.79 Å². The molecule has 0 aromatic heterocycles. The summed E-state index contributed by atoms with van der Waals surface area (Å²) in [4.78, 5) is 28.2. The van der Waals surface area contributed by atoms with E-state index in [0.717, 1.165) is 0 Å². The van der Waals surface area contributed by atoms with E-state index >= 15 is 0 Å². The minimum Gasteiger partial charge on any atom is -0.490 e. The highest BCUT2D eigenvalue weighted by Crippen LogP contribution is 2.26. The third kappa shape index (κ3) is 4.79. The molecule has 6 nitrogen and oxygen atoms in total. The van der Waals surface area contributed by atoms with Crippen molar-refractivity contribution in [1.29, 1.82) is 0 Å². The van der Waals surface area contributed by atoms with Gasteiger partial charge in [-0.05, 0) is 43.3 Å². The third-order valence-corrected chi connectivity index (χ3v) is 4.51. The first-order valence-electron chi connectivity index (χ1n) is 9.25. The Morgan fingerprint density at radius 2 is 1.46 bits per heavy atom. The zero-order valence-electron chi connectivity index (χ0n) is 15.8. The van der Waals surface area contributed by atoms with Crippen LogP contribution in [0.2, 0.25) is 0 Å². The van der Waals surface area contributed by atoms with Gasteiger partial charge in [-0.15, -0.1) is 0 Å². The number of carbonyl (C=O) groups excluding carboxylic acids is 2. The van der Waals surface area contributed by atoms with Crippen LogP contribution < -0.4 is 9.47 Å². The highest BCUT2D eigenvalue weighted by atomic mass is 19.1. The Kier molecular flexibility index (Phi) is 6.47.